The molecule has 6 nitrogen and oxygen atoms in total. The lowest BCUT2D eigenvalue weighted by molar-refractivity contribution is 0.102. The number of ether oxygens (including phenoxy) is 1. The molecule has 0 aliphatic rings. The van der Waals surface area contributed by atoms with Gasteiger partial charge in [-0.25, -0.2) is 4.98 Å². The fourth-order valence-corrected chi connectivity index (χ4v) is 2.72. The average Bonchev–Trinajstić information content (AvgIpc) is 2.61. The standard InChI is InChI=1S/C19H19N3O3/c1-4-22-11-15(19(24)21-17-7-5-6-12(2)20-17)18(23)14-10-13(25-3)8-9-16(14)22/h5-11H,4H2,1-3H3,(H,20,21,24). The Hall–Kier alpha value is -3.15. The first-order chi connectivity index (χ1) is 12.0. The number of amides is 1. The Labute approximate surface area is 145 Å². The maximum absolute atomic E-state index is 12.8. The van der Waals surface area contributed by atoms with Crippen LogP contribution in [0.1, 0.15) is 23.0 Å². The number of hydrogen-bond donors (Lipinski definition) is 1. The SMILES string of the molecule is CCn1cc(C(=O)Nc2cccc(C)n2)c(=O)c2cc(OC)ccc21. The molecular formula is C19H19N3O3. The number of aryl methyl sites for hydroxylation is 2. The predicted octanol–water partition coefficient (Wildman–Crippen LogP) is 2.99. The molecule has 0 fully saturated rings. The van der Waals surface area contributed by atoms with E-state index in [1.165, 1.54) is 0 Å². The summed E-state index contributed by atoms with van der Waals surface area (Å²) in [7, 11) is 1.54. The summed E-state index contributed by atoms with van der Waals surface area (Å²) in [5.74, 6) is 0.512. The van der Waals surface area contributed by atoms with Crippen LogP contribution in [-0.4, -0.2) is 22.6 Å². The molecule has 25 heavy (non-hydrogen) atoms. The summed E-state index contributed by atoms with van der Waals surface area (Å²) in [6, 6.07) is 10.6. The predicted molar refractivity (Wildman–Crippen MR) is 97.4 cm³/mol. The van der Waals surface area contributed by atoms with Gasteiger partial charge < -0.3 is 14.6 Å². The summed E-state index contributed by atoms with van der Waals surface area (Å²) in [5, 5.41) is 3.14. The van der Waals surface area contributed by atoms with Crippen molar-refractivity contribution in [1.82, 2.24) is 9.55 Å². The van der Waals surface area contributed by atoms with E-state index < -0.39 is 5.91 Å². The zero-order valence-corrected chi connectivity index (χ0v) is 14.4. The van der Waals surface area contributed by atoms with Crippen LogP contribution in [0.25, 0.3) is 10.9 Å². The normalized spacial score (nSPS) is 10.7. The Morgan fingerprint density at radius 3 is 2.76 bits per heavy atom. The van der Waals surface area contributed by atoms with Crippen molar-refractivity contribution in [3.63, 3.8) is 0 Å². The number of benzene rings is 1. The van der Waals surface area contributed by atoms with Crippen molar-refractivity contribution in [3.8, 4) is 5.75 Å². The van der Waals surface area contributed by atoms with Gasteiger partial charge in [0.2, 0.25) is 5.43 Å². The monoisotopic (exact) mass is 337 g/mol. The topological polar surface area (TPSA) is 73.2 Å². The van der Waals surface area contributed by atoms with E-state index in [0.717, 1.165) is 11.2 Å². The van der Waals surface area contributed by atoms with Gasteiger partial charge in [0, 0.05) is 18.4 Å². The first kappa shape index (κ1) is 16.7. The Bertz CT molecular complexity index is 1010. The quantitative estimate of drug-likeness (QED) is 0.794. The molecule has 1 N–H and O–H groups in total. The molecule has 0 bridgehead atoms. The van der Waals surface area contributed by atoms with E-state index in [0.29, 0.717) is 23.5 Å². The fourth-order valence-electron chi connectivity index (χ4n) is 2.72. The Balaban J connectivity index is 2.10. The summed E-state index contributed by atoms with van der Waals surface area (Å²) in [5.41, 5.74) is 1.29. The van der Waals surface area contributed by atoms with E-state index in [1.54, 1.807) is 37.6 Å². The average molecular weight is 337 g/mol. The minimum absolute atomic E-state index is 0.0749. The lowest BCUT2D eigenvalue weighted by Crippen LogP contribution is -2.24. The lowest BCUT2D eigenvalue weighted by Gasteiger charge is -2.12. The highest BCUT2D eigenvalue weighted by molar-refractivity contribution is 6.05. The van der Waals surface area contributed by atoms with Crippen LogP contribution in [0.5, 0.6) is 5.75 Å². The molecule has 0 unspecified atom stereocenters. The summed E-state index contributed by atoms with van der Waals surface area (Å²) < 4.78 is 7.07. The molecule has 0 atom stereocenters. The van der Waals surface area contributed by atoms with Crippen molar-refractivity contribution in [3.05, 3.63) is 64.1 Å². The van der Waals surface area contributed by atoms with Crippen molar-refractivity contribution in [1.29, 1.82) is 0 Å². The molecule has 0 aliphatic carbocycles. The second-order valence-corrected chi connectivity index (χ2v) is 5.66. The van der Waals surface area contributed by atoms with Gasteiger partial charge in [0.05, 0.1) is 18.0 Å². The second kappa shape index (κ2) is 6.76. The van der Waals surface area contributed by atoms with Gasteiger partial charge >= 0.3 is 0 Å². The number of rotatable bonds is 4. The van der Waals surface area contributed by atoms with Crippen LogP contribution in [0.3, 0.4) is 0 Å². The van der Waals surface area contributed by atoms with Gasteiger partial charge in [0.1, 0.15) is 17.1 Å². The molecule has 3 aromatic rings. The third kappa shape index (κ3) is 3.24. The van der Waals surface area contributed by atoms with Crippen molar-refractivity contribution in [2.45, 2.75) is 20.4 Å². The highest BCUT2D eigenvalue weighted by Crippen LogP contribution is 2.19. The van der Waals surface area contributed by atoms with Gasteiger partial charge in [0.15, 0.2) is 0 Å². The first-order valence-corrected chi connectivity index (χ1v) is 7.99. The minimum atomic E-state index is -0.477. The number of aromatic nitrogens is 2. The summed E-state index contributed by atoms with van der Waals surface area (Å²) in [6.45, 7) is 4.42. The van der Waals surface area contributed by atoms with E-state index in [2.05, 4.69) is 10.3 Å². The van der Waals surface area contributed by atoms with Gasteiger partial charge in [0.25, 0.3) is 5.91 Å². The molecule has 128 valence electrons. The first-order valence-electron chi connectivity index (χ1n) is 7.99. The number of carbonyl (C=O) groups is 1. The van der Waals surface area contributed by atoms with Gasteiger partial charge in [-0.3, -0.25) is 9.59 Å². The molecule has 2 aromatic heterocycles. The van der Waals surface area contributed by atoms with Crippen LogP contribution < -0.4 is 15.5 Å². The molecule has 3 rings (SSSR count). The van der Waals surface area contributed by atoms with E-state index in [4.69, 9.17) is 4.74 Å². The number of anilines is 1. The Morgan fingerprint density at radius 2 is 2.08 bits per heavy atom. The minimum Gasteiger partial charge on any atom is -0.497 e. The number of pyridine rings is 2. The molecule has 0 saturated carbocycles. The number of carbonyl (C=O) groups excluding carboxylic acids is 1. The molecule has 0 aliphatic heterocycles. The van der Waals surface area contributed by atoms with Crippen LogP contribution >= 0.6 is 0 Å². The third-order valence-electron chi connectivity index (χ3n) is 4.00. The van der Waals surface area contributed by atoms with Crippen molar-refractivity contribution >= 4 is 22.6 Å². The number of fused-ring (bicyclic) bond motifs is 1. The van der Waals surface area contributed by atoms with E-state index in [9.17, 15) is 9.59 Å². The number of nitrogens with one attached hydrogen (secondary N) is 1. The van der Waals surface area contributed by atoms with Crippen molar-refractivity contribution in [2.24, 2.45) is 0 Å². The van der Waals surface area contributed by atoms with Gasteiger partial charge in [-0.15, -0.1) is 0 Å². The smallest absolute Gasteiger partial charge is 0.262 e. The van der Waals surface area contributed by atoms with E-state index >= 15 is 0 Å². The number of hydrogen-bond acceptors (Lipinski definition) is 4. The third-order valence-corrected chi connectivity index (χ3v) is 4.00. The molecule has 0 spiro atoms. The summed E-state index contributed by atoms with van der Waals surface area (Å²) >= 11 is 0. The number of methoxy groups -OCH3 is 1. The second-order valence-electron chi connectivity index (χ2n) is 5.66. The summed E-state index contributed by atoms with van der Waals surface area (Å²) in [4.78, 5) is 29.7. The van der Waals surface area contributed by atoms with Crippen LogP contribution in [0.4, 0.5) is 5.82 Å². The van der Waals surface area contributed by atoms with Crippen LogP contribution in [0, 0.1) is 6.92 Å². The highest BCUT2D eigenvalue weighted by atomic mass is 16.5. The zero-order chi connectivity index (χ0) is 18.0. The molecular weight excluding hydrogens is 318 g/mol. The van der Waals surface area contributed by atoms with Gasteiger partial charge in [-0.2, -0.15) is 0 Å². The highest BCUT2D eigenvalue weighted by Gasteiger charge is 2.16. The largest absolute Gasteiger partial charge is 0.497 e. The van der Waals surface area contributed by atoms with Gasteiger partial charge in [-0.1, -0.05) is 6.07 Å². The van der Waals surface area contributed by atoms with Crippen LogP contribution in [0.15, 0.2) is 47.4 Å². The Kier molecular flexibility index (Phi) is 4.52. The van der Waals surface area contributed by atoms with Gasteiger partial charge in [-0.05, 0) is 44.2 Å². The molecule has 0 radical (unpaired) electrons. The maximum atomic E-state index is 12.8. The van der Waals surface area contributed by atoms with Crippen LogP contribution in [0.2, 0.25) is 0 Å². The van der Waals surface area contributed by atoms with Crippen molar-refractivity contribution in [2.75, 3.05) is 12.4 Å². The van der Waals surface area contributed by atoms with E-state index in [-0.39, 0.29) is 11.0 Å². The maximum Gasteiger partial charge on any atom is 0.262 e. The molecule has 6 heteroatoms. The molecule has 1 aromatic carbocycles. The fraction of sp³-hybridized carbons (Fsp3) is 0.211. The Morgan fingerprint density at radius 1 is 1.28 bits per heavy atom. The van der Waals surface area contributed by atoms with E-state index in [1.807, 2.05) is 30.5 Å². The summed E-state index contributed by atoms with van der Waals surface area (Å²) in [6.07, 6.45) is 1.59. The van der Waals surface area contributed by atoms with Crippen molar-refractivity contribution < 1.29 is 9.53 Å². The zero-order valence-electron chi connectivity index (χ0n) is 14.4. The number of nitrogens with zero attached hydrogens (tertiary/aromatic N) is 2. The molecule has 0 saturated heterocycles. The molecule has 1 amide bonds. The molecule has 2 heterocycles. The lowest BCUT2D eigenvalue weighted by atomic mass is 10.1. The van der Waals surface area contributed by atoms with Crippen LogP contribution in [-0.2, 0) is 6.54 Å².